The molecule has 2 amide bonds. The largest absolute Gasteiger partial charge is 0.479 e. The molecule has 0 fully saturated rings. The molecule has 0 aliphatic heterocycles. The molecule has 1 aromatic rings. The number of nitrogens with one attached hydrogen (secondary N) is 2. The van der Waals surface area contributed by atoms with E-state index in [9.17, 15) is 14.2 Å². The maximum atomic E-state index is 11.3. The van der Waals surface area contributed by atoms with Crippen molar-refractivity contribution in [1.29, 1.82) is 0 Å². The predicted molar refractivity (Wildman–Crippen MR) is 62.1 cm³/mol. The van der Waals surface area contributed by atoms with E-state index in [1.807, 2.05) is 0 Å². The van der Waals surface area contributed by atoms with E-state index in [2.05, 4.69) is 5.32 Å². The minimum atomic E-state index is -4.96. The van der Waals surface area contributed by atoms with Crippen LogP contribution >= 0.6 is 7.60 Å². The van der Waals surface area contributed by atoms with Gasteiger partial charge in [-0.15, -0.1) is 0 Å². The van der Waals surface area contributed by atoms with Gasteiger partial charge < -0.3 is 25.5 Å². The Morgan fingerprint density at radius 1 is 1.17 bits per heavy atom. The molecule has 0 spiro atoms. The number of anilines is 1. The Labute approximate surface area is 102 Å². The number of carbonyl (C=O) groups excluding carboxylic acids is 1. The average Bonchev–Trinajstić information content (AvgIpc) is 2.25. The lowest BCUT2D eigenvalue weighted by molar-refractivity contribution is -0.137. The predicted octanol–water partition coefficient (Wildman–Crippen LogP) is 0.396. The molecule has 0 aromatic heterocycles. The molecule has 1 aromatic carbocycles. The number of carboxylic acids is 1. The van der Waals surface area contributed by atoms with Crippen molar-refractivity contribution in [3.05, 3.63) is 30.3 Å². The highest BCUT2D eigenvalue weighted by Gasteiger charge is 2.37. The summed E-state index contributed by atoms with van der Waals surface area (Å²) in [5.41, 5.74) is 0.366. The van der Waals surface area contributed by atoms with Crippen LogP contribution in [0.4, 0.5) is 10.5 Å². The van der Waals surface area contributed by atoms with Gasteiger partial charge in [0.15, 0.2) is 0 Å². The Hall–Kier alpha value is -1.89. The molecule has 0 radical (unpaired) electrons. The van der Waals surface area contributed by atoms with Gasteiger partial charge in [-0.05, 0) is 12.1 Å². The standard InChI is InChI=1S/C9H11N2O6P/c12-8(13)7(18(15,16)17)11-9(14)10-6-4-2-1-3-5-6/h1-5,7H,(H,12,13)(H2,10,11,14)(H2,15,16,17). The van der Waals surface area contributed by atoms with Crippen molar-refractivity contribution in [1.82, 2.24) is 5.32 Å². The number of urea groups is 1. The van der Waals surface area contributed by atoms with Gasteiger partial charge in [-0.1, -0.05) is 18.2 Å². The maximum Gasteiger partial charge on any atom is 0.359 e. The third kappa shape index (κ3) is 4.17. The normalized spacial score (nSPS) is 12.6. The van der Waals surface area contributed by atoms with Crippen LogP contribution < -0.4 is 10.6 Å². The molecule has 5 N–H and O–H groups in total. The molecule has 0 saturated heterocycles. The fourth-order valence-corrected chi connectivity index (χ4v) is 1.68. The number of carboxylic acid groups (broad SMARTS) is 1. The molecule has 98 valence electrons. The average molecular weight is 274 g/mol. The number of amides is 2. The van der Waals surface area contributed by atoms with Crippen molar-refractivity contribution in [2.45, 2.75) is 5.78 Å². The van der Waals surface area contributed by atoms with Gasteiger partial charge in [0.1, 0.15) is 0 Å². The van der Waals surface area contributed by atoms with E-state index in [0.29, 0.717) is 5.69 Å². The number of para-hydroxylation sites is 1. The topological polar surface area (TPSA) is 136 Å². The van der Waals surface area contributed by atoms with Gasteiger partial charge in [0.25, 0.3) is 0 Å². The minimum absolute atomic E-state index is 0.366. The number of hydrogen-bond acceptors (Lipinski definition) is 3. The van der Waals surface area contributed by atoms with Gasteiger partial charge in [0, 0.05) is 5.69 Å². The maximum absolute atomic E-state index is 11.3. The molecule has 1 atom stereocenters. The monoisotopic (exact) mass is 274 g/mol. The quantitative estimate of drug-likeness (QED) is 0.504. The second-order valence-electron chi connectivity index (χ2n) is 3.29. The zero-order valence-corrected chi connectivity index (χ0v) is 9.87. The van der Waals surface area contributed by atoms with Crippen molar-refractivity contribution >= 4 is 25.3 Å². The molecule has 0 saturated carbocycles. The van der Waals surface area contributed by atoms with E-state index >= 15 is 0 Å². The summed E-state index contributed by atoms with van der Waals surface area (Å²) < 4.78 is 10.8. The Balaban J connectivity index is 2.69. The van der Waals surface area contributed by atoms with Crippen molar-refractivity contribution in [3.8, 4) is 0 Å². The van der Waals surface area contributed by atoms with E-state index in [4.69, 9.17) is 14.9 Å². The van der Waals surface area contributed by atoms with Gasteiger partial charge in [0.05, 0.1) is 0 Å². The van der Waals surface area contributed by atoms with E-state index in [1.54, 1.807) is 23.5 Å². The molecular weight excluding hydrogens is 263 g/mol. The molecule has 0 aliphatic rings. The SMILES string of the molecule is O=C(Nc1ccccc1)NC(C(=O)O)P(=O)(O)O. The lowest BCUT2D eigenvalue weighted by Gasteiger charge is -2.16. The zero-order chi connectivity index (χ0) is 13.8. The summed E-state index contributed by atoms with van der Waals surface area (Å²) in [5.74, 6) is -4.09. The van der Waals surface area contributed by atoms with Crippen LogP contribution in [0.3, 0.4) is 0 Å². The van der Waals surface area contributed by atoms with E-state index in [0.717, 1.165) is 0 Å². The number of hydrogen-bond donors (Lipinski definition) is 5. The second kappa shape index (κ2) is 5.63. The first-order valence-electron chi connectivity index (χ1n) is 4.71. The number of rotatable bonds is 4. The van der Waals surface area contributed by atoms with Crippen LogP contribution in [0.25, 0.3) is 0 Å². The molecule has 9 heteroatoms. The van der Waals surface area contributed by atoms with Gasteiger partial charge in [-0.25, -0.2) is 9.59 Å². The molecule has 0 heterocycles. The van der Waals surface area contributed by atoms with Crippen LogP contribution in [-0.2, 0) is 9.36 Å². The lowest BCUT2D eigenvalue weighted by atomic mass is 10.3. The molecular formula is C9H11N2O6P. The summed E-state index contributed by atoms with van der Waals surface area (Å²) in [6.07, 6.45) is 0. The molecule has 0 aliphatic carbocycles. The number of aliphatic carboxylic acids is 1. The van der Waals surface area contributed by atoms with E-state index in [1.165, 1.54) is 12.1 Å². The molecule has 8 nitrogen and oxygen atoms in total. The minimum Gasteiger partial charge on any atom is -0.479 e. The third-order valence-corrected chi connectivity index (χ3v) is 2.89. The van der Waals surface area contributed by atoms with Gasteiger partial charge in [0.2, 0.25) is 5.78 Å². The second-order valence-corrected chi connectivity index (χ2v) is 4.99. The fourth-order valence-electron chi connectivity index (χ4n) is 1.10. The summed E-state index contributed by atoms with van der Waals surface area (Å²) >= 11 is 0. The molecule has 0 bridgehead atoms. The Kier molecular flexibility index (Phi) is 4.43. The van der Waals surface area contributed by atoms with Gasteiger partial charge in [-0.3, -0.25) is 4.57 Å². The summed E-state index contributed by atoms with van der Waals surface area (Å²) in [6.45, 7) is 0. The summed E-state index contributed by atoms with van der Waals surface area (Å²) in [7, 11) is -4.96. The Bertz CT molecular complexity index is 485. The van der Waals surface area contributed by atoms with E-state index < -0.39 is 25.4 Å². The van der Waals surface area contributed by atoms with Gasteiger partial charge >= 0.3 is 19.6 Å². The highest BCUT2D eigenvalue weighted by Crippen LogP contribution is 2.39. The first-order valence-corrected chi connectivity index (χ1v) is 6.39. The zero-order valence-electron chi connectivity index (χ0n) is 8.98. The first-order chi connectivity index (χ1) is 8.30. The van der Waals surface area contributed by atoms with E-state index in [-0.39, 0.29) is 0 Å². The number of carbonyl (C=O) groups is 2. The third-order valence-electron chi connectivity index (χ3n) is 1.87. The summed E-state index contributed by atoms with van der Waals surface area (Å²) in [5, 5.41) is 12.5. The van der Waals surface area contributed by atoms with Crippen molar-refractivity contribution in [2.24, 2.45) is 0 Å². The molecule has 18 heavy (non-hydrogen) atoms. The highest BCUT2D eigenvalue weighted by molar-refractivity contribution is 7.53. The number of benzene rings is 1. The van der Waals surface area contributed by atoms with Crippen molar-refractivity contribution in [2.75, 3.05) is 5.32 Å². The van der Waals surface area contributed by atoms with Crippen LogP contribution in [0, 0.1) is 0 Å². The van der Waals surface area contributed by atoms with Crippen LogP contribution in [0.1, 0.15) is 0 Å². The summed E-state index contributed by atoms with van der Waals surface area (Å²) in [6, 6.07) is 7.02. The van der Waals surface area contributed by atoms with Crippen LogP contribution in [0.5, 0.6) is 0 Å². The van der Waals surface area contributed by atoms with Gasteiger partial charge in [-0.2, -0.15) is 0 Å². The highest BCUT2D eigenvalue weighted by atomic mass is 31.2. The lowest BCUT2D eigenvalue weighted by Crippen LogP contribution is -2.42. The Morgan fingerprint density at radius 2 is 1.72 bits per heavy atom. The van der Waals surface area contributed by atoms with Crippen LogP contribution in [-0.4, -0.2) is 32.7 Å². The fraction of sp³-hybridized carbons (Fsp3) is 0.111. The summed E-state index contributed by atoms with van der Waals surface area (Å²) in [4.78, 5) is 39.4. The van der Waals surface area contributed by atoms with Crippen LogP contribution in [0.15, 0.2) is 30.3 Å². The smallest absolute Gasteiger partial charge is 0.359 e. The first kappa shape index (κ1) is 14.2. The molecule has 1 rings (SSSR count). The van der Waals surface area contributed by atoms with Crippen molar-refractivity contribution in [3.63, 3.8) is 0 Å². The Morgan fingerprint density at radius 3 is 2.17 bits per heavy atom. The molecule has 1 unspecified atom stereocenters. The van der Waals surface area contributed by atoms with Crippen molar-refractivity contribution < 1.29 is 29.0 Å². The van der Waals surface area contributed by atoms with Crippen LogP contribution in [0.2, 0.25) is 0 Å².